The smallest absolute Gasteiger partial charge is 0.365 e. The van der Waals surface area contributed by atoms with Crippen molar-refractivity contribution in [1.29, 1.82) is 0 Å². The van der Waals surface area contributed by atoms with Crippen molar-refractivity contribution in [2.45, 2.75) is 46.0 Å². The summed E-state index contributed by atoms with van der Waals surface area (Å²) < 4.78 is 11.0. The van der Waals surface area contributed by atoms with E-state index in [4.69, 9.17) is 14.3 Å². The molecule has 3 rings (SSSR count). The summed E-state index contributed by atoms with van der Waals surface area (Å²) in [6, 6.07) is 10.9. The van der Waals surface area contributed by atoms with Crippen LogP contribution >= 0.6 is 0 Å². The number of carbonyl (C=O) groups excluding carboxylic acids is 1. The first-order valence-corrected chi connectivity index (χ1v) is 9.82. The Kier molecular flexibility index (Phi) is 6.69. The van der Waals surface area contributed by atoms with E-state index in [9.17, 15) is 4.79 Å². The molecule has 28 heavy (non-hydrogen) atoms. The Bertz CT molecular complexity index is 856. The zero-order chi connectivity index (χ0) is 19.9. The Morgan fingerprint density at radius 3 is 2.61 bits per heavy atom. The fourth-order valence-electron chi connectivity index (χ4n) is 3.38. The number of fused-ring (bicyclic) bond motifs is 1. The van der Waals surface area contributed by atoms with Gasteiger partial charge in [-0.25, -0.2) is 4.79 Å². The third-order valence-corrected chi connectivity index (χ3v) is 5.02. The lowest BCUT2D eigenvalue weighted by Gasteiger charge is -2.20. The Morgan fingerprint density at radius 1 is 1.11 bits per heavy atom. The van der Waals surface area contributed by atoms with Gasteiger partial charge in [0.25, 0.3) is 0 Å². The van der Waals surface area contributed by atoms with Gasteiger partial charge in [0.1, 0.15) is 11.5 Å². The van der Waals surface area contributed by atoms with Crippen LogP contribution in [0.1, 0.15) is 59.7 Å². The number of hydrogen-bond donors (Lipinski definition) is 0. The molecule has 0 fully saturated rings. The second-order valence-electron chi connectivity index (χ2n) is 6.92. The monoisotopic (exact) mass is 381 g/mol. The highest BCUT2D eigenvalue weighted by Gasteiger charge is 2.20. The minimum Gasteiger partial charge on any atom is -0.496 e. The average Bonchev–Trinajstić information content (AvgIpc) is 2.73. The fraction of sp³-hybridized carbons (Fsp3) is 0.391. The first kappa shape index (κ1) is 19.9. The van der Waals surface area contributed by atoms with Crippen LogP contribution in [-0.4, -0.2) is 25.4 Å². The van der Waals surface area contributed by atoms with Crippen molar-refractivity contribution >= 4 is 11.7 Å². The van der Waals surface area contributed by atoms with Crippen LogP contribution in [0, 0.1) is 6.92 Å². The Labute approximate surface area is 166 Å². The minimum atomic E-state index is -0.468. The van der Waals surface area contributed by atoms with Gasteiger partial charge in [0.2, 0.25) is 0 Å². The normalized spacial score (nSPS) is 14.5. The van der Waals surface area contributed by atoms with E-state index < -0.39 is 5.97 Å². The SMILES string of the molecule is CCCCOc1ccc(C(=O)O/N=C2/CCCc3c2ccc(OC)c3C)cc1. The van der Waals surface area contributed by atoms with Gasteiger partial charge in [0.15, 0.2) is 0 Å². The zero-order valence-corrected chi connectivity index (χ0v) is 16.8. The largest absolute Gasteiger partial charge is 0.496 e. The summed E-state index contributed by atoms with van der Waals surface area (Å²) in [5, 5.41) is 4.18. The molecular weight excluding hydrogens is 354 g/mol. The molecule has 2 aromatic rings. The van der Waals surface area contributed by atoms with E-state index in [0.29, 0.717) is 12.2 Å². The van der Waals surface area contributed by atoms with Gasteiger partial charge >= 0.3 is 5.97 Å². The predicted octanol–water partition coefficient (Wildman–Crippen LogP) is 5.08. The molecule has 0 aliphatic heterocycles. The number of methoxy groups -OCH3 is 1. The van der Waals surface area contributed by atoms with E-state index in [2.05, 4.69) is 19.0 Å². The quantitative estimate of drug-likeness (QED) is 0.381. The Morgan fingerprint density at radius 2 is 1.89 bits per heavy atom. The molecule has 0 aromatic heterocycles. The third-order valence-electron chi connectivity index (χ3n) is 5.02. The number of oxime groups is 1. The van der Waals surface area contributed by atoms with E-state index in [0.717, 1.165) is 60.4 Å². The van der Waals surface area contributed by atoms with Crippen LogP contribution in [0.2, 0.25) is 0 Å². The number of hydrogen-bond acceptors (Lipinski definition) is 5. The number of nitrogens with zero attached hydrogens (tertiary/aromatic N) is 1. The molecule has 0 spiro atoms. The number of carbonyl (C=O) groups is 1. The van der Waals surface area contributed by atoms with E-state index >= 15 is 0 Å². The van der Waals surface area contributed by atoms with Gasteiger partial charge in [-0.15, -0.1) is 0 Å². The lowest BCUT2D eigenvalue weighted by Crippen LogP contribution is -2.15. The van der Waals surface area contributed by atoms with Gasteiger partial charge in [0, 0.05) is 5.56 Å². The molecule has 1 aliphatic rings. The van der Waals surface area contributed by atoms with Gasteiger partial charge in [-0.1, -0.05) is 18.5 Å². The number of benzene rings is 2. The van der Waals surface area contributed by atoms with Crippen LogP contribution in [0.4, 0.5) is 0 Å². The van der Waals surface area contributed by atoms with Crippen LogP contribution in [-0.2, 0) is 11.3 Å². The topological polar surface area (TPSA) is 57.1 Å². The Hall–Kier alpha value is -2.82. The summed E-state index contributed by atoms with van der Waals surface area (Å²) in [7, 11) is 1.68. The van der Waals surface area contributed by atoms with E-state index in [-0.39, 0.29) is 0 Å². The first-order chi connectivity index (χ1) is 13.6. The van der Waals surface area contributed by atoms with Crippen molar-refractivity contribution in [3.8, 4) is 11.5 Å². The molecule has 0 radical (unpaired) electrons. The maximum Gasteiger partial charge on any atom is 0.365 e. The summed E-state index contributed by atoms with van der Waals surface area (Å²) in [6.45, 7) is 4.85. The standard InChI is InChI=1S/C23H27NO4/c1-4-5-15-27-18-11-9-17(10-12-18)23(25)28-24-21-8-6-7-19-16(2)22(26-3)14-13-20(19)21/h9-14H,4-8,15H2,1-3H3/b24-21-. The second-order valence-corrected chi connectivity index (χ2v) is 6.92. The molecule has 0 amide bonds. The van der Waals surface area contributed by atoms with Crippen LogP contribution in [0.15, 0.2) is 41.6 Å². The van der Waals surface area contributed by atoms with E-state index in [1.807, 2.05) is 12.1 Å². The van der Waals surface area contributed by atoms with Crippen molar-refractivity contribution in [2.75, 3.05) is 13.7 Å². The number of unbranched alkanes of at least 4 members (excludes halogenated alkanes) is 1. The predicted molar refractivity (Wildman–Crippen MR) is 109 cm³/mol. The molecule has 0 saturated carbocycles. The lowest BCUT2D eigenvalue weighted by molar-refractivity contribution is 0.0515. The lowest BCUT2D eigenvalue weighted by atomic mass is 9.87. The van der Waals surface area contributed by atoms with Crippen molar-refractivity contribution in [3.63, 3.8) is 0 Å². The molecule has 0 unspecified atom stereocenters. The summed E-state index contributed by atoms with van der Waals surface area (Å²) in [6.07, 6.45) is 4.83. The highest BCUT2D eigenvalue weighted by atomic mass is 16.7. The highest BCUT2D eigenvalue weighted by molar-refractivity contribution is 6.03. The summed E-state index contributed by atoms with van der Waals surface area (Å²) in [5.41, 5.74) is 4.64. The fourth-order valence-corrected chi connectivity index (χ4v) is 3.38. The highest BCUT2D eigenvalue weighted by Crippen LogP contribution is 2.30. The van der Waals surface area contributed by atoms with Gasteiger partial charge in [-0.2, -0.15) is 0 Å². The van der Waals surface area contributed by atoms with Crippen LogP contribution in [0.25, 0.3) is 0 Å². The average molecular weight is 381 g/mol. The van der Waals surface area contributed by atoms with Gasteiger partial charge in [-0.3, -0.25) is 0 Å². The molecule has 0 bridgehead atoms. The summed E-state index contributed by atoms with van der Waals surface area (Å²) in [4.78, 5) is 17.6. The minimum absolute atomic E-state index is 0.453. The molecule has 148 valence electrons. The van der Waals surface area contributed by atoms with Crippen LogP contribution < -0.4 is 9.47 Å². The molecular formula is C23H27NO4. The van der Waals surface area contributed by atoms with E-state index in [1.54, 1.807) is 31.4 Å². The van der Waals surface area contributed by atoms with Crippen molar-refractivity contribution in [3.05, 3.63) is 58.7 Å². The molecule has 5 heteroatoms. The third kappa shape index (κ3) is 4.53. The van der Waals surface area contributed by atoms with Gasteiger partial charge < -0.3 is 14.3 Å². The van der Waals surface area contributed by atoms with Gasteiger partial charge in [0.05, 0.1) is 25.0 Å². The number of rotatable bonds is 7. The molecule has 5 nitrogen and oxygen atoms in total. The van der Waals surface area contributed by atoms with E-state index in [1.165, 1.54) is 5.56 Å². The molecule has 2 aromatic carbocycles. The van der Waals surface area contributed by atoms with Gasteiger partial charge in [-0.05, 0) is 80.1 Å². The zero-order valence-electron chi connectivity index (χ0n) is 16.8. The molecule has 1 aliphatic carbocycles. The summed E-state index contributed by atoms with van der Waals surface area (Å²) >= 11 is 0. The maximum absolute atomic E-state index is 12.3. The molecule has 0 atom stereocenters. The number of ether oxygens (including phenoxy) is 2. The molecule has 0 heterocycles. The van der Waals surface area contributed by atoms with Crippen molar-refractivity contribution < 1.29 is 19.1 Å². The summed E-state index contributed by atoms with van der Waals surface area (Å²) in [5.74, 6) is 1.16. The Balaban J connectivity index is 1.69. The van der Waals surface area contributed by atoms with Crippen LogP contribution in [0.5, 0.6) is 11.5 Å². The van der Waals surface area contributed by atoms with Crippen LogP contribution in [0.3, 0.4) is 0 Å². The van der Waals surface area contributed by atoms with Crippen molar-refractivity contribution in [2.24, 2.45) is 5.16 Å². The van der Waals surface area contributed by atoms with Crippen molar-refractivity contribution in [1.82, 2.24) is 0 Å². The molecule has 0 saturated heterocycles. The first-order valence-electron chi connectivity index (χ1n) is 9.82. The molecule has 0 N–H and O–H groups in total. The second kappa shape index (κ2) is 9.40. The maximum atomic E-state index is 12.3.